The summed E-state index contributed by atoms with van der Waals surface area (Å²) in [4.78, 5) is 14.3. The van der Waals surface area contributed by atoms with E-state index in [-0.39, 0.29) is 11.9 Å². The highest BCUT2D eigenvalue weighted by Crippen LogP contribution is 2.25. The summed E-state index contributed by atoms with van der Waals surface area (Å²) >= 11 is 6.19. The smallest absolute Gasteiger partial charge is 0.257 e. The van der Waals surface area contributed by atoms with Crippen molar-refractivity contribution < 1.29 is 4.79 Å². The molecule has 0 radical (unpaired) electrons. The minimum Gasteiger partial charge on any atom is -0.338 e. The molecule has 0 unspecified atom stereocenters. The molecule has 1 aliphatic heterocycles. The molecule has 22 heavy (non-hydrogen) atoms. The molecule has 4 nitrogen and oxygen atoms in total. The molecule has 0 saturated carbocycles. The lowest BCUT2D eigenvalue weighted by Crippen LogP contribution is -2.50. The molecule has 0 spiro atoms. The Morgan fingerprint density at radius 1 is 1.36 bits per heavy atom. The number of halogens is 1. The van der Waals surface area contributed by atoms with Crippen molar-refractivity contribution in [3.8, 4) is 0 Å². The van der Waals surface area contributed by atoms with Crippen LogP contribution in [0.25, 0.3) is 0 Å². The highest BCUT2D eigenvalue weighted by molar-refractivity contribution is 6.31. The molecular weight excluding hydrogens is 298 g/mol. The van der Waals surface area contributed by atoms with Gasteiger partial charge in [-0.05, 0) is 37.8 Å². The van der Waals surface area contributed by atoms with E-state index in [1.807, 2.05) is 47.8 Å². The van der Waals surface area contributed by atoms with Crippen LogP contribution in [0.3, 0.4) is 0 Å². The van der Waals surface area contributed by atoms with Gasteiger partial charge in [0.05, 0.1) is 11.8 Å². The fraction of sp³-hybridized carbons (Fsp3) is 0.412. The summed E-state index contributed by atoms with van der Waals surface area (Å²) in [6.07, 6.45) is 4.41. The first-order valence-electron chi connectivity index (χ1n) is 7.61. The van der Waals surface area contributed by atoms with E-state index < -0.39 is 0 Å². The Kier molecular flexibility index (Phi) is 4.21. The molecule has 116 valence electrons. The number of hydrogen-bond acceptors (Lipinski definition) is 2. The Balaban J connectivity index is 1.56. The van der Waals surface area contributed by atoms with Gasteiger partial charge in [-0.25, -0.2) is 0 Å². The molecule has 0 atom stereocenters. The first kappa shape index (κ1) is 15.1. The molecule has 0 N–H and O–H groups in total. The van der Waals surface area contributed by atoms with Crippen LogP contribution in [0.5, 0.6) is 0 Å². The van der Waals surface area contributed by atoms with E-state index >= 15 is 0 Å². The van der Waals surface area contributed by atoms with Gasteiger partial charge in [0.2, 0.25) is 0 Å². The number of benzene rings is 1. The zero-order chi connectivity index (χ0) is 15.7. The summed E-state index contributed by atoms with van der Waals surface area (Å²) in [5.41, 5.74) is 1.83. The Labute approximate surface area is 135 Å². The van der Waals surface area contributed by atoms with E-state index in [1.54, 1.807) is 6.20 Å². The van der Waals surface area contributed by atoms with Crippen LogP contribution in [-0.4, -0.2) is 33.7 Å². The summed E-state index contributed by atoms with van der Waals surface area (Å²) in [6.45, 7) is 5.67. The Bertz CT molecular complexity index is 674. The van der Waals surface area contributed by atoms with Crippen molar-refractivity contribution in [2.24, 2.45) is 5.92 Å². The van der Waals surface area contributed by atoms with E-state index in [0.29, 0.717) is 11.5 Å². The second-order valence-electron chi connectivity index (χ2n) is 6.17. The quantitative estimate of drug-likeness (QED) is 0.866. The molecule has 3 rings (SSSR count). The van der Waals surface area contributed by atoms with Crippen LogP contribution in [0.1, 0.15) is 35.8 Å². The van der Waals surface area contributed by atoms with Gasteiger partial charge in [-0.1, -0.05) is 29.8 Å². The molecule has 1 amide bonds. The van der Waals surface area contributed by atoms with Crippen LogP contribution >= 0.6 is 11.6 Å². The molecular formula is C17H20ClN3O. The maximum atomic E-state index is 12.4. The molecule has 1 aliphatic rings. The van der Waals surface area contributed by atoms with Gasteiger partial charge in [-0.3, -0.25) is 9.48 Å². The van der Waals surface area contributed by atoms with Gasteiger partial charge < -0.3 is 4.90 Å². The third kappa shape index (κ3) is 3.02. The highest BCUT2D eigenvalue weighted by atomic mass is 35.5. The monoisotopic (exact) mass is 317 g/mol. The van der Waals surface area contributed by atoms with Crippen molar-refractivity contribution in [2.45, 2.75) is 26.3 Å². The van der Waals surface area contributed by atoms with Crippen LogP contribution < -0.4 is 0 Å². The molecule has 0 bridgehead atoms. The average Bonchev–Trinajstić information content (AvgIpc) is 2.93. The van der Waals surface area contributed by atoms with Crippen LogP contribution in [0, 0.1) is 5.92 Å². The second kappa shape index (κ2) is 6.13. The Morgan fingerprint density at radius 3 is 2.73 bits per heavy atom. The maximum absolute atomic E-state index is 12.4. The van der Waals surface area contributed by atoms with Gasteiger partial charge in [0.15, 0.2) is 0 Å². The van der Waals surface area contributed by atoms with Crippen molar-refractivity contribution >= 4 is 17.5 Å². The lowest BCUT2D eigenvalue weighted by Gasteiger charge is -2.39. The van der Waals surface area contributed by atoms with E-state index in [4.69, 9.17) is 11.6 Å². The number of rotatable bonds is 4. The number of carbonyl (C=O) groups is 1. The van der Waals surface area contributed by atoms with Crippen LogP contribution in [0.15, 0.2) is 36.7 Å². The van der Waals surface area contributed by atoms with Crippen molar-refractivity contribution in [1.29, 1.82) is 0 Å². The highest BCUT2D eigenvalue weighted by Gasteiger charge is 2.32. The molecule has 2 aromatic rings. The summed E-state index contributed by atoms with van der Waals surface area (Å²) in [5.74, 6) is 0.561. The molecule has 1 aromatic carbocycles. The summed E-state index contributed by atoms with van der Waals surface area (Å²) in [6, 6.07) is 8.18. The Morgan fingerprint density at radius 2 is 2.09 bits per heavy atom. The lowest BCUT2D eigenvalue weighted by molar-refractivity contribution is 0.0501. The fourth-order valence-electron chi connectivity index (χ4n) is 2.75. The van der Waals surface area contributed by atoms with Crippen molar-refractivity contribution in [3.63, 3.8) is 0 Å². The number of likely N-dealkylation sites (tertiary alicyclic amines) is 1. The SMILES string of the molecule is CC(C)n1cc(C(=O)N2CC(Cc3ccccc3Cl)C2)cn1. The standard InChI is InChI=1S/C17H20ClN3O/c1-12(2)21-11-15(8-19-21)17(22)20-9-13(10-20)7-14-5-3-4-6-16(14)18/h3-6,8,11-13H,7,9-10H2,1-2H3. The van der Waals surface area contributed by atoms with E-state index in [9.17, 15) is 4.79 Å². The van der Waals surface area contributed by atoms with Crippen LogP contribution in [0.2, 0.25) is 5.02 Å². The van der Waals surface area contributed by atoms with Gasteiger partial charge in [0.25, 0.3) is 5.91 Å². The Hall–Kier alpha value is -1.81. The summed E-state index contributed by atoms with van der Waals surface area (Å²) < 4.78 is 1.81. The number of aromatic nitrogens is 2. The second-order valence-corrected chi connectivity index (χ2v) is 6.58. The molecule has 1 saturated heterocycles. The van der Waals surface area contributed by atoms with Crippen molar-refractivity contribution in [3.05, 3.63) is 52.8 Å². The number of amides is 1. The molecule has 5 heteroatoms. The zero-order valence-corrected chi connectivity index (χ0v) is 13.6. The molecule has 1 aromatic heterocycles. The van der Waals surface area contributed by atoms with Gasteiger partial charge in [0, 0.05) is 30.4 Å². The van der Waals surface area contributed by atoms with E-state index in [2.05, 4.69) is 11.2 Å². The number of carbonyl (C=O) groups excluding carboxylic acids is 1. The molecule has 1 fully saturated rings. The minimum absolute atomic E-state index is 0.0716. The first-order valence-corrected chi connectivity index (χ1v) is 7.99. The lowest BCUT2D eigenvalue weighted by atomic mass is 9.91. The van der Waals surface area contributed by atoms with Crippen LogP contribution in [-0.2, 0) is 6.42 Å². The number of nitrogens with zero attached hydrogens (tertiary/aromatic N) is 3. The maximum Gasteiger partial charge on any atom is 0.257 e. The summed E-state index contributed by atoms with van der Waals surface area (Å²) in [5, 5.41) is 5.04. The van der Waals surface area contributed by atoms with E-state index in [1.165, 1.54) is 0 Å². The van der Waals surface area contributed by atoms with Crippen molar-refractivity contribution in [1.82, 2.24) is 14.7 Å². The van der Waals surface area contributed by atoms with Crippen molar-refractivity contribution in [2.75, 3.05) is 13.1 Å². The predicted octanol–water partition coefficient (Wildman–Crippen LogP) is 3.43. The van der Waals surface area contributed by atoms with E-state index in [0.717, 1.165) is 30.1 Å². The minimum atomic E-state index is 0.0716. The fourth-order valence-corrected chi connectivity index (χ4v) is 2.97. The van der Waals surface area contributed by atoms with Crippen LogP contribution in [0.4, 0.5) is 0 Å². The number of hydrogen-bond donors (Lipinski definition) is 0. The van der Waals surface area contributed by atoms with Gasteiger partial charge in [-0.15, -0.1) is 0 Å². The summed E-state index contributed by atoms with van der Waals surface area (Å²) in [7, 11) is 0. The van der Waals surface area contributed by atoms with Gasteiger partial charge >= 0.3 is 0 Å². The topological polar surface area (TPSA) is 38.1 Å². The van der Waals surface area contributed by atoms with Gasteiger partial charge in [0.1, 0.15) is 0 Å². The van der Waals surface area contributed by atoms with Gasteiger partial charge in [-0.2, -0.15) is 5.10 Å². The normalized spacial score (nSPS) is 15.2. The largest absolute Gasteiger partial charge is 0.338 e. The third-order valence-electron chi connectivity index (χ3n) is 4.09. The zero-order valence-electron chi connectivity index (χ0n) is 12.9. The first-order chi connectivity index (χ1) is 10.5. The average molecular weight is 318 g/mol. The molecule has 2 heterocycles. The third-order valence-corrected chi connectivity index (χ3v) is 4.46. The molecule has 0 aliphatic carbocycles. The predicted molar refractivity (Wildman–Crippen MR) is 87.2 cm³/mol.